The van der Waals surface area contributed by atoms with Crippen LogP contribution in [0.5, 0.6) is 0 Å². The molecule has 1 aliphatic rings. The summed E-state index contributed by atoms with van der Waals surface area (Å²) in [5.41, 5.74) is 12.9. The molecule has 0 atom stereocenters. The standard InChI is InChI=1S/C9H11N3O2/c10-6-3-4-7(12(13)14)8(9(6)11)5-1-2-5/h3-5H,1-2,10-11H2. The number of nitro benzene ring substituents is 1. The van der Waals surface area contributed by atoms with E-state index >= 15 is 0 Å². The molecule has 0 saturated heterocycles. The first-order chi connectivity index (χ1) is 6.61. The second-order valence-electron chi connectivity index (χ2n) is 3.53. The Kier molecular flexibility index (Phi) is 1.80. The monoisotopic (exact) mass is 193 g/mol. The van der Waals surface area contributed by atoms with Gasteiger partial charge in [-0.25, -0.2) is 0 Å². The van der Waals surface area contributed by atoms with Crippen LogP contribution in [-0.4, -0.2) is 4.92 Å². The fourth-order valence-electron chi connectivity index (χ4n) is 1.60. The van der Waals surface area contributed by atoms with Crippen LogP contribution in [0.25, 0.3) is 0 Å². The van der Waals surface area contributed by atoms with E-state index in [1.807, 2.05) is 0 Å². The minimum atomic E-state index is -0.399. The van der Waals surface area contributed by atoms with Crippen LogP contribution in [0.2, 0.25) is 0 Å². The van der Waals surface area contributed by atoms with Crippen molar-refractivity contribution in [3.8, 4) is 0 Å². The number of nitrogens with two attached hydrogens (primary N) is 2. The van der Waals surface area contributed by atoms with Crippen molar-refractivity contribution in [2.45, 2.75) is 18.8 Å². The van der Waals surface area contributed by atoms with E-state index in [4.69, 9.17) is 11.5 Å². The Labute approximate surface area is 80.9 Å². The number of nitrogens with zero attached hydrogens (tertiary/aromatic N) is 1. The Morgan fingerprint density at radius 1 is 1.36 bits per heavy atom. The number of anilines is 2. The second-order valence-corrected chi connectivity index (χ2v) is 3.53. The van der Waals surface area contributed by atoms with Gasteiger partial charge in [0.2, 0.25) is 0 Å². The lowest BCUT2D eigenvalue weighted by atomic mass is 10.0. The highest BCUT2D eigenvalue weighted by Gasteiger charge is 2.33. The van der Waals surface area contributed by atoms with E-state index in [1.165, 1.54) is 12.1 Å². The fraction of sp³-hybridized carbons (Fsp3) is 0.333. The predicted molar refractivity (Wildman–Crippen MR) is 53.9 cm³/mol. The maximum absolute atomic E-state index is 10.7. The molecule has 1 aromatic carbocycles. The van der Waals surface area contributed by atoms with Crippen LogP contribution in [0.1, 0.15) is 24.3 Å². The van der Waals surface area contributed by atoms with E-state index < -0.39 is 4.92 Å². The van der Waals surface area contributed by atoms with Crippen molar-refractivity contribution in [2.75, 3.05) is 11.5 Å². The average Bonchev–Trinajstić information content (AvgIpc) is 2.92. The average molecular weight is 193 g/mol. The van der Waals surface area contributed by atoms with Gasteiger partial charge in [0.05, 0.1) is 21.9 Å². The molecule has 74 valence electrons. The van der Waals surface area contributed by atoms with Crippen molar-refractivity contribution in [3.63, 3.8) is 0 Å². The van der Waals surface area contributed by atoms with Gasteiger partial charge in [-0.05, 0) is 24.8 Å². The molecule has 0 amide bonds. The quantitative estimate of drug-likeness (QED) is 0.424. The molecule has 0 heterocycles. The van der Waals surface area contributed by atoms with Crippen LogP contribution in [-0.2, 0) is 0 Å². The molecule has 0 bridgehead atoms. The highest BCUT2D eigenvalue weighted by molar-refractivity contribution is 5.74. The lowest BCUT2D eigenvalue weighted by Crippen LogP contribution is -2.03. The largest absolute Gasteiger partial charge is 0.397 e. The van der Waals surface area contributed by atoms with Crippen molar-refractivity contribution in [1.29, 1.82) is 0 Å². The maximum atomic E-state index is 10.7. The Bertz CT molecular complexity index is 399. The second kappa shape index (κ2) is 2.87. The maximum Gasteiger partial charge on any atom is 0.275 e. The van der Waals surface area contributed by atoms with Gasteiger partial charge in [0.25, 0.3) is 5.69 Å². The molecule has 0 unspecified atom stereocenters. The number of benzene rings is 1. The zero-order valence-electron chi connectivity index (χ0n) is 7.56. The van der Waals surface area contributed by atoms with Crippen LogP contribution in [0, 0.1) is 10.1 Å². The molecule has 1 fully saturated rings. The molecule has 0 aromatic heterocycles. The van der Waals surface area contributed by atoms with Crippen molar-refractivity contribution >= 4 is 17.1 Å². The lowest BCUT2D eigenvalue weighted by molar-refractivity contribution is -0.385. The van der Waals surface area contributed by atoms with E-state index in [1.54, 1.807) is 0 Å². The van der Waals surface area contributed by atoms with E-state index in [2.05, 4.69) is 0 Å². The summed E-state index contributed by atoms with van der Waals surface area (Å²) in [6, 6.07) is 2.92. The SMILES string of the molecule is Nc1ccc([N+](=O)[O-])c(C2CC2)c1N. The summed E-state index contributed by atoms with van der Waals surface area (Å²) in [5, 5.41) is 10.7. The number of hydrogen-bond donors (Lipinski definition) is 2. The molecule has 2 rings (SSSR count). The third-order valence-electron chi connectivity index (χ3n) is 2.48. The molecule has 0 radical (unpaired) electrons. The van der Waals surface area contributed by atoms with Gasteiger partial charge in [-0.1, -0.05) is 0 Å². The minimum absolute atomic E-state index is 0.0965. The number of rotatable bonds is 2. The minimum Gasteiger partial charge on any atom is -0.397 e. The Morgan fingerprint density at radius 3 is 2.50 bits per heavy atom. The smallest absolute Gasteiger partial charge is 0.275 e. The van der Waals surface area contributed by atoms with Crippen LogP contribution in [0.15, 0.2) is 12.1 Å². The molecule has 1 aliphatic carbocycles. The molecule has 1 aromatic rings. The summed E-state index contributed by atoms with van der Waals surface area (Å²) in [7, 11) is 0. The van der Waals surface area contributed by atoms with Crippen LogP contribution < -0.4 is 11.5 Å². The summed E-state index contributed by atoms with van der Waals surface area (Å²) < 4.78 is 0. The van der Waals surface area contributed by atoms with Crippen LogP contribution in [0.3, 0.4) is 0 Å². The summed E-state index contributed by atoms with van der Waals surface area (Å²) in [6.45, 7) is 0. The van der Waals surface area contributed by atoms with Gasteiger partial charge in [-0.3, -0.25) is 10.1 Å². The normalized spacial score (nSPS) is 15.4. The van der Waals surface area contributed by atoms with Gasteiger partial charge in [-0.2, -0.15) is 0 Å². The first-order valence-corrected chi connectivity index (χ1v) is 4.43. The molecule has 14 heavy (non-hydrogen) atoms. The summed E-state index contributed by atoms with van der Waals surface area (Å²) in [6.07, 6.45) is 1.93. The molecule has 4 N–H and O–H groups in total. The third-order valence-corrected chi connectivity index (χ3v) is 2.48. The topological polar surface area (TPSA) is 95.2 Å². The summed E-state index contributed by atoms with van der Waals surface area (Å²) >= 11 is 0. The van der Waals surface area contributed by atoms with Crippen molar-refractivity contribution in [1.82, 2.24) is 0 Å². The van der Waals surface area contributed by atoms with Crippen molar-refractivity contribution in [2.24, 2.45) is 0 Å². The molecule has 0 spiro atoms. The van der Waals surface area contributed by atoms with Gasteiger partial charge in [0.15, 0.2) is 0 Å². The van der Waals surface area contributed by atoms with Gasteiger partial charge in [0, 0.05) is 6.07 Å². The van der Waals surface area contributed by atoms with Crippen molar-refractivity contribution < 1.29 is 4.92 Å². The molecular formula is C9H11N3O2. The Morgan fingerprint density at radius 2 is 2.00 bits per heavy atom. The highest BCUT2D eigenvalue weighted by atomic mass is 16.6. The lowest BCUT2D eigenvalue weighted by Gasteiger charge is -2.07. The van der Waals surface area contributed by atoms with E-state index in [9.17, 15) is 10.1 Å². The molecule has 0 aliphatic heterocycles. The van der Waals surface area contributed by atoms with Crippen LogP contribution in [0.4, 0.5) is 17.1 Å². The van der Waals surface area contributed by atoms with Gasteiger partial charge < -0.3 is 11.5 Å². The fourth-order valence-corrected chi connectivity index (χ4v) is 1.60. The van der Waals surface area contributed by atoms with E-state index in [-0.39, 0.29) is 11.6 Å². The predicted octanol–water partition coefficient (Wildman–Crippen LogP) is 1.64. The molecule has 5 nitrogen and oxygen atoms in total. The summed E-state index contributed by atoms with van der Waals surface area (Å²) in [4.78, 5) is 10.3. The number of nitrogen functional groups attached to an aromatic ring is 2. The van der Waals surface area contributed by atoms with E-state index in [0.717, 1.165) is 12.8 Å². The molecular weight excluding hydrogens is 182 g/mol. The molecule has 5 heteroatoms. The Balaban J connectivity index is 2.59. The van der Waals surface area contributed by atoms with Crippen molar-refractivity contribution in [3.05, 3.63) is 27.8 Å². The Hall–Kier alpha value is -1.78. The highest BCUT2D eigenvalue weighted by Crippen LogP contribution is 2.48. The number of nitro groups is 1. The molecule has 1 saturated carbocycles. The van der Waals surface area contributed by atoms with Gasteiger partial charge in [0.1, 0.15) is 0 Å². The third kappa shape index (κ3) is 1.26. The first kappa shape index (κ1) is 8.80. The number of hydrogen-bond acceptors (Lipinski definition) is 4. The van der Waals surface area contributed by atoms with Crippen LogP contribution >= 0.6 is 0 Å². The summed E-state index contributed by atoms with van der Waals surface area (Å²) in [5.74, 6) is 0.235. The van der Waals surface area contributed by atoms with Gasteiger partial charge >= 0.3 is 0 Å². The van der Waals surface area contributed by atoms with Gasteiger partial charge in [-0.15, -0.1) is 0 Å². The first-order valence-electron chi connectivity index (χ1n) is 4.43. The zero-order chi connectivity index (χ0) is 10.3. The van der Waals surface area contributed by atoms with E-state index in [0.29, 0.717) is 16.9 Å². The zero-order valence-corrected chi connectivity index (χ0v) is 7.56.